The zero-order chi connectivity index (χ0) is 19.6. The van der Waals surface area contributed by atoms with E-state index in [1.54, 1.807) is 24.1 Å². The zero-order valence-electron chi connectivity index (χ0n) is 15.0. The normalized spacial score (nSPS) is 16.0. The Morgan fingerprint density at radius 2 is 1.89 bits per heavy atom. The van der Waals surface area contributed by atoms with Crippen molar-refractivity contribution in [3.05, 3.63) is 65.0 Å². The number of halogens is 1. The lowest BCUT2D eigenvalue weighted by Crippen LogP contribution is -2.30. The van der Waals surface area contributed by atoms with Gasteiger partial charge in [-0.2, -0.15) is 0 Å². The SMILES string of the molecule is CN(CC(N)=O)Cc1ccc2c(c1)N=C(C(N)=O)CC2c1ccc(F)cc1. The standard InChI is InChI=1S/C20H21FN4O2/c1-25(11-19(22)26)10-12-2-7-15-16(13-3-5-14(21)6-4-13)9-18(20(23)27)24-17(15)8-12/h2-8,16H,9-11H2,1H3,(H2,22,26)(H2,23,27). The summed E-state index contributed by atoms with van der Waals surface area (Å²) in [5, 5.41) is 0. The molecule has 2 amide bonds. The van der Waals surface area contributed by atoms with Gasteiger partial charge in [-0.25, -0.2) is 9.38 Å². The van der Waals surface area contributed by atoms with Gasteiger partial charge in [0.15, 0.2) is 0 Å². The summed E-state index contributed by atoms with van der Waals surface area (Å²) < 4.78 is 13.3. The highest BCUT2D eigenvalue weighted by molar-refractivity contribution is 6.39. The molecule has 0 fully saturated rings. The van der Waals surface area contributed by atoms with Crippen LogP contribution in [-0.2, 0) is 16.1 Å². The van der Waals surface area contributed by atoms with Crippen molar-refractivity contribution in [2.75, 3.05) is 13.6 Å². The fourth-order valence-electron chi connectivity index (χ4n) is 3.36. The van der Waals surface area contributed by atoms with Gasteiger partial charge in [0.2, 0.25) is 5.91 Å². The maximum atomic E-state index is 13.3. The lowest BCUT2D eigenvalue weighted by Gasteiger charge is -2.25. The van der Waals surface area contributed by atoms with E-state index in [0.717, 1.165) is 16.7 Å². The summed E-state index contributed by atoms with van der Waals surface area (Å²) in [6, 6.07) is 12.0. The fourth-order valence-corrected chi connectivity index (χ4v) is 3.36. The first kappa shape index (κ1) is 18.7. The van der Waals surface area contributed by atoms with Gasteiger partial charge in [-0.15, -0.1) is 0 Å². The molecule has 0 bridgehead atoms. The number of nitrogens with zero attached hydrogens (tertiary/aromatic N) is 2. The number of likely N-dealkylation sites (N-methyl/N-ethyl adjacent to an activating group) is 1. The number of carbonyl (C=O) groups excluding carboxylic acids is 2. The first-order chi connectivity index (χ1) is 12.8. The van der Waals surface area contributed by atoms with Crippen LogP contribution in [0.4, 0.5) is 10.1 Å². The van der Waals surface area contributed by atoms with Crippen LogP contribution in [0.15, 0.2) is 47.5 Å². The molecule has 1 aliphatic rings. The first-order valence-corrected chi connectivity index (χ1v) is 8.56. The Balaban J connectivity index is 1.96. The monoisotopic (exact) mass is 368 g/mol. The number of nitrogens with two attached hydrogens (primary N) is 2. The molecule has 6 nitrogen and oxygen atoms in total. The Kier molecular flexibility index (Phi) is 5.32. The van der Waals surface area contributed by atoms with E-state index in [2.05, 4.69) is 4.99 Å². The van der Waals surface area contributed by atoms with Crippen LogP contribution in [0.5, 0.6) is 0 Å². The van der Waals surface area contributed by atoms with Crippen LogP contribution >= 0.6 is 0 Å². The van der Waals surface area contributed by atoms with Gasteiger partial charge in [0.05, 0.1) is 12.2 Å². The summed E-state index contributed by atoms with van der Waals surface area (Å²) in [7, 11) is 1.80. The quantitative estimate of drug-likeness (QED) is 0.813. The van der Waals surface area contributed by atoms with Crippen LogP contribution in [0.25, 0.3) is 0 Å². The highest BCUT2D eigenvalue weighted by Crippen LogP contribution is 2.39. The van der Waals surface area contributed by atoms with Gasteiger partial charge in [0.1, 0.15) is 11.5 Å². The third kappa shape index (κ3) is 4.38. The molecule has 0 radical (unpaired) electrons. The Labute approximate surface area is 156 Å². The number of fused-ring (bicyclic) bond motifs is 1. The van der Waals surface area contributed by atoms with E-state index < -0.39 is 11.8 Å². The number of aliphatic imine (C=N–C) groups is 1. The molecule has 0 aromatic heterocycles. The third-order valence-corrected chi connectivity index (χ3v) is 4.56. The molecule has 0 spiro atoms. The minimum atomic E-state index is -0.566. The largest absolute Gasteiger partial charge is 0.369 e. The van der Waals surface area contributed by atoms with E-state index >= 15 is 0 Å². The summed E-state index contributed by atoms with van der Waals surface area (Å²) in [5.41, 5.74) is 14.4. The second kappa shape index (κ2) is 7.67. The van der Waals surface area contributed by atoms with Crippen LogP contribution in [0.3, 0.4) is 0 Å². The zero-order valence-corrected chi connectivity index (χ0v) is 15.0. The highest BCUT2D eigenvalue weighted by atomic mass is 19.1. The molecule has 27 heavy (non-hydrogen) atoms. The predicted octanol–water partition coefficient (Wildman–Crippen LogP) is 1.84. The number of benzene rings is 2. The molecule has 0 saturated heterocycles. The molecular formula is C20H21FN4O2. The lowest BCUT2D eigenvalue weighted by atomic mass is 9.83. The van der Waals surface area contributed by atoms with Crippen LogP contribution in [0.2, 0.25) is 0 Å². The second-order valence-electron chi connectivity index (χ2n) is 6.76. The fraction of sp³-hybridized carbons (Fsp3) is 0.250. The molecule has 1 atom stereocenters. The van der Waals surface area contributed by atoms with Crippen molar-refractivity contribution < 1.29 is 14.0 Å². The van der Waals surface area contributed by atoms with Gasteiger partial charge in [-0.1, -0.05) is 24.3 Å². The van der Waals surface area contributed by atoms with Gasteiger partial charge >= 0.3 is 0 Å². The average molecular weight is 368 g/mol. The maximum Gasteiger partial charge on any atom is 0.263 e. The molecule has 1 unspecified atom stereocenters. The summed E-state index contributed by atoms with van der Waals surface area (Å²) in [4.78, 5) is 29.0. The Morgan fingerprint density at radius 3 is 2.52 bits per heavy atom. The van der Waals surface area contributed by atoms with Crippen molar-refractivity contribution in [2.45, 2.75) is 18.9 Å². The van der Waals surface area contributed by atoms with Gasteiger partial charge in [0.25, 0.3) is 5.91 Å². The van der Waals surface area contributed by atoms with Gasteiger partial charge in [-0.05, 0) is 41.9 Å². The molecule has 140 valence electrons. The minimum Gasteiger partial charge on any atom is -0.369 e. The van der Waals surface area contributed by atoms with Gasteiger partial charge in [-0.3, -0.25) is 14.5 Å². The molecule has 4 N–H and O–H groups in total. The van der Waals surface area contributed by atoms with Crippen molar-refractivity contribution in [3.8, 4) is 0 Å². The molecule has 3 rings (SSSR count). The van der Waals surface area contributed by atoms with Crippen molar-refractivity contribution in [1.82, 2.24) is 4.90 Å². The molecule has 1 heterocycles. The Hall–Kier alpha value is -3.06. The maximum absolute atomic E-state index is 13.3. The highest BCUT2D eigenvalue weighted by Gasteiger charge is 2.27. The predicted molar refractivity (Wildman–Crippen MR) is 101 cm³/mol. The summed E-state index contributed by atoms with van der Waals surface area (Å²) in [6.45, 7) is 0.657. The molecule has 0 aliphatic carbocycles. The summed E-state index contributed by atoms with van der Waals surface area (Å²) >= 11 is 0. The number of primary amides is 2. The van der Waals surface area contributed by atoms with E-state index in [9.17, 15) is 14.0 Å². The van der Waals surface area contributed by atoms with Crippen LogP contribution in [-0.4, -0.2) is 36.0 Å². The first-order valence-electron chi connectivity index (χ1n) is 8.56. The van der Waals surface area contributed by atoms with Crippen LogP contribution < -0.4 is 11.5 Å². The summed E-state index contributed by atoms with van der Waals surface area (Å²) in [6.07, 6.45) is 0.370. The average Bonchev–Trinajstić information content (AvgIpc) is 2.60. The molecule has 7 heteroatoms. The molecule has 2 aromatic rings. The van der Waals surface area contributed by atoms with E-state index in [1.165, 1.54) is 12.1 Å². The molecule has 0 saturated carbocycles. The van der Waals surface area contributed by atoms with Crippen molar-refractivity contribution in [1.29, 1.82) is 0 Å². The lowest BCUT2D eigenvalue weighted by molar-refractivity contribution is -0.119. The van der Waals surface area contributed by atoms with Gasteiger partial charge in [0, 0.05) is 18.9 Å². The number of carbonyl (C=O) groups is 2. The van der Waals surface area contributed by atoms with Crippen LogP contribution in [0, 0.1) is 5.82 Å². The second-order valence-corrected chi connectivity index (χ2v) is 6.76. The number of rotatable bonds is 6. The van der Waals surface area contributed by atoms with Crippen LogP contribution in [0.1, 0.15) is 29.0 Å². The molecular weight excluding hydrogens is 347 g/mol. The van der Waals surface area contributed by atoms with E-state index in [1.807, 2.05) is 18.2 Å². The number of hydrogen-bond donors (Lipinski definition) is 2. The third-order valence-electron chi connectivity index (χ3n) is 4.56. The number of hydrogen-bond acceptors (Lipinski definition) is 4. The summed E-state index contributed by atoms with van der Waals surface area (Å²) in [5.74, 6) is -1.41. The molecule has 2 aromatic carbocycles. The Morgan fingerprint density at radius 1 is 1.19 bits per heavy atom. The smallest absolute Gasteiger partial charge is 0.263 e. The van der Waals surface area contributed by atoms with E-state index in [0.29, 0.717) is 24.4 Å². The minimum absolute atomic E-state index is 0.127. The van der Waals surface area contributed by atoms with Crippen molar-refractivity contribution in [3.63, 3.8) is 0 Å². The van der Waals surface area contributed by atoms with E-state index in [-0.39, 0.29) is 18.3 Å². The Bertz CT molecular complexity index is 909. The topological polar surface area (TPSA) is 102 Å². The van der Waals surface area contributed by atoms with E-state index in [4.69, 9.17) is 11.5 Å². The van der Waals surface area contributed by atoms with Gasteiger partial charge < -0.3 is 11.5 Å². The molecule has 1 aliphatic heterocycles. The number of amides is 2. The van der Waals surface area contributed by atoms with Crippen molar-refractivity contribution in [2.24, 2.45) is 16.5 Å². The van der Waals surface area contributed by atoms with Crippen molar-refractivity contribution >= 4 is 23.2 Å².